The van der Waals surface area contributed by atoms with Crippen molar-refractivity contribution in [2.75, 3.05) is 38.2 Å². The first-order chi connectivity index (χ1) is 6.20. The Morgan fingerprint density at radius 2 is 2.08 bits per heavy atom. The van der Waals surface area contributed by atoms with E-state index in [4.69, 9.17) is 5.73 Å². The van der Waals surface area contributed by atoms with Crippen LogP contribution in [0.4, 0.5) is 11.6 Å². The minimum atomic E-state index is 0.446. The van der Waals surface area contributed by atoms with E-state index in [-0.39, 0.29) is 0 Å². The monoisotopic (exact) mass is 181 g/mol. The predicted octanol–water partition coefficient (Wildman–Crippen LogP) is 0.0323. The lowest BCUT2D eigenvalue weighted by atomic mass is 10.5. The Balaban J connectivity index is 2.41. The molecule has 5 nitrogen and oxygen atoms in total. The minimum Gasteiger partial charge on any atom is -0.381 e. The summed E-state index contributed by atoms with van der Waals surface area (Å²) in [6, 6.07) is 0. The Kier molecular flexibility index (Phi) is 3.45. The molecule has 0 atom stereocenters. The zero-order valence-corrected chi connectivity index (χ0v) is 7.99. The second kappa shape index (κ2) is 4.61. The van der Waals surface area contributed by atoms with Crippen LogP contribution in [0.15, 0.2) is 12.4 Å². The van der Waals surface area contributed by atoms with Gasteiger partial charge in [-0.15, -0.1) is 0 Å². The summed E-state index contributed by atoms with van der Waals surface area (Å²) >= 11 is 0. The van der Waals surface area contributed by atoms with E-state index in [1.807, 2.05) is 14.1 Å². The van der Waals surface area contributed by atoms with Gasteiger partial charge in [0.05, 0.1) is 0 Å². The van der Waals surface area contributed by atoms with Crippen molar-refractivity contribution >= 4 is 11.6 Å². The molecule has 0 aromatic carbocycles. The van der Waals surface area contributed by atoms with Gasteiger partial charge in [0.15, 0.2) is 11.6 Å². The standard InChI is InChI=1S/C8H15N5/c1-13(2)6-5-12-8-7(9)10-3-4-11-8/h3-4H,5-6H2,1-2H3,(H2,9,10)(H,11,12). The van der Waals surface area contributed by atoms with Gasteiger partial charge in [-0.2, -0.15) is 0 Å². The van der Waals surface area contributed by atoms with Gasteiger partial charge in [-0.1, -0.05) is 0 Å². The molecule has 0 unspecified atom stereocenters. The van der Waals surface area contributed by atoms with Gasteiger partial charge >= 0.3 is 0 Å². The van der Waals surface area contributed by atoms with Crippen molar-refractivity contribution in [3.63, 3.8) is 0 Å². The van der Waals surface area contributed by atoms with E-state index in [0.29, 0.717) is 11.6 Å². The Hall–Kier alpha value is -1.36. The lowest BCUT2D eigenvalue weighted by Crippen LogP contribution is -2.21. The molecule has 0 aliphatic heterocycles. The number of hydrogen-bond acceptors (Lipinski definition) is 5. The average Bonchev–Trinajstić information content (AvgIpc) is 2.08. The molecule has 0 fully saturated rings. The van der Waals surface area contributed by atoms with Crippen LogP contribution in [0.3, 0.4) is 0 Å². The second-order valence-corrected chi connectivity index (χ2v) is 3.02. The topological polar surface area (TPSA) is 67.1 Å². The van der Waals surface area contributed by atoms with Gasteiger partial charge in [0, 0.05) is 25.5 Å². The molecular formula is C8H15N5. The van der Waals surface area contributed by atoms with Crippen molar-refractivity contribution in [2.24, 2.45) is 0 Å². The summed E-state index contributed by atoms with van der Waals surface area (Å²) in [6.45, 7) is 1.76. The maximum atomic E-state index is 5.59. The highest BCUT2D eigenvalue weighted by Gasteiger charge is 1.98. The first-order valence-electron chi connectivity index (χ1n) is 4.15. The third kappa shape index (κ3) is 3.25. The van der Waals surface area contributed by atoms with Crippen molar-refractivity contribution in [3.8, 4) is 0 Å². The molecule has 0 radical (unpaired) electrons. The number of nitrogens with zero attached hydrogens (tertiary/aromatic N) is 3. The van der Waals surface area contributed by atoms with Gasteiger partial charge < -0.3 is 16.0 Å². The average molecular weight is 181 g/mol. The normalized spacial score (nSPS) is 10.4. The molecule has 0 amide bonds. The third-order valence-electron chi connectivity index (χ3n) is 1.58. The smallest absolute Gasteiger partial charge is 0.168 e. The molecule has 0 saturated heterocycles. The lowest BCUT2D eigenvalue weighted by Gasteiger charge is -2.11. The summed E-state index contributed by atoms with van der Waals surface area (Å²) in [4.78, 5) is 10.1. The van der Waals surface area contributed by atoms with Crippen molar-refractivity contribution in [1.29, 1.82) is 0 Å². The van der Waals surface area contributed by atoms with E-state index in [9.17, 15) is 0 Å². The van der Waals surface area contributed by atoms with Crippen molar-refractivity contribution in [3.05, 3.63) is 12.4 Å². The number of rotatable bonds is 4. The highest BCUT2D eigenvalue weighted by Crippen LogP contribution is 2.08. The molecule has 0 spiro atoms. The Morgan fingerprint density at radius 3 is 2.69 bits per heavy atom. The van der Waals surface area contributed by atoms with E-state index in [2.05, 4.69) is 20.2 Å². The molecule has 1 rings (SSSR count). The summed E-state index contributed by atoms with van der Waals surface area (Å²) < 4.78 is 0. The second-order valence-electron chi connectivity index (χ2n) is 3.02. The molecule has 1 heterocycles. The lowest BCUT2D eigenvalue weighted by molar-refractivity contribution is 0.425. The quantitative estimate of drug-likeness (QED) is 0.686. The fourth-order valence-corrected chi connectivity index (χ4v) is 0.883. The van der Waals surface area contributed by atoms with E-state index in [0.717, 1.165) is 13.1 Å². The van der Waals surface area contributed by atoms with Crippen molar-refractivity contribution < 1.29 is 0 Å². The maximum Gasteiger partial charge on any atom is 0.168 e. The molecule has 13 heavy (non-hydrogen) atoms. The predicted molar refractivity (Wildman–Crippen MR) is 53.5 cm³/mol. The summed E-state index contributed by atoms with van der Waals surface area (Å²) in [5.41, 5.74) is 5.59. The van der Waals surface area contributed by atoms with Crippen LogP contribution < -0.4 is 11.1 Å². The fourth-order valence-electron chi connectivity index (χ4n) is 0.883. The van der Waals surface area contributed by atoms with Crippen LogP contribution in [0.5, 0.6) is 0 Å². The SMILES string of the molecule is CN(C)CCNc1nccnc1N. The highest BCUT2D eigenvalue weighted by molar-refractivity contribution is 5.54. The van der Waals surface area contributed by atoms with E-state index in [1.165, 1.54) is 0 Å². The van der Waals surface area contributed by atoms with Crippen LogP contribution in [-0.2, 0) is 0 Å². The molecular weight excluding hydrogens is 166 g/mol. The number of nitrogens with two attached hydrogens (primary N) is 1. The number of likely N-dealkylation sites (N-methyl/N-ethyl adjacent to an activating group) is 1. The van der Waals surface area contributed by atoms with Crippen LogP contribution in [0.1, 0.15) is 0 Å². The largest absolute Gasteiger partial charge is 0.381 e. The van der Waals surface area contributed by atoms with Gasteiger partial charge in [-0.25, -0.2) is 9.97 Å². The fraction of sp³-hybridized carbons (Fsp3) is 0.500. The van der Waals surface area contributed by atoms with Crippen molar-refractivity contribution in [1.82, 2.24) is 14.9 Å². The molecule has 0 bridgehead atoms. The Labute approximate surface area is 78.0 Å². The van der Waals surface area contributed by atoms with Crippen LogP contribution in [0, 0.1) is 0 Å². The number of aromatic nitrogens is 2. The minimum absolute atomic E-state index is 0.446. The van der Waals surface area contributed by atoms with Crippen molar-refractivity contribution in [2.45, 2.75) is 0 Å². The zero-order valence-electron chi connectivity index (χ0n) is 7.99. The van der Waals surface area contributed by atoms with Gasteiger partial charge in [-0.3, -0.25) is 0 Å². The molecule has 1 aromatic rings. The number of anilines is 2. The molecule has 0 saturated carbocycles. The van der Waals surface area contributed by atoms with Gasteiger partial charge in [0.1, 0.15) is 0 Å². The van der Waals surface area contributed by atoms with Crippen LogP contribution in [0.2, 0.25) is 0 Å². The molecule has 3 N–H and O–H groups in total. The first-order valence-corrected chi connectivity index (χ1v) is 4.15. The molecule has 0 aliphatic rings. The molecule has 0 aliphatic carbocycles. The number of nitrogen functional groups attached to an aromatic ring is 1. The van der Waals surface area contributed by atoms with E-state index < -0.39 is 0 Å². The Morgan fingerprint density at radius 1 is 1.38 bits per heavy atom. The summed E-state index contributed by atoms with van der Waals surface area (Å²) in [6.07, 6.45) is 3.20. The maximum absolute atomic E-state index is 5.59. The number of nitrogens with one attached hydrogen (secondary N) is 1. The Bertz CT molecular complexity index is 260. The summed E-state index contributed by atoms with van der Waals surface area (Å²) in [5, 5.41) is 3.10. The molecule has 72 valence electrons. The van der Waals surface area contributed by atoms with Gasteiger partial charge in [-0.05, 0) is 14.1 Å². The summed E-state index contributed by atoms with van der Waals surface area (Å²) in [5.74, 6) is 1.10. The van der Waals surface area contributed by atoms with Crippen LogP contribution >= 0.6 is 0 Å². The number of hydrogen-bond donors (Lipinski definition) is 2. The zero-order chi connectivity index (χ0) is 9.68. The van der Waals surface area contributed by atoms with Gasteiger partial charge in [0.25, 0.3) is 0 Å². The van der Waals surface area contributed by atoms with Crippen LogP contribution in [-0.4, -0.2) is 42.1 Å². The van der Waals surface area contributed by atoms with Gasteiger partial charge in [0.2, 0.25) is 0 Å². The van der Waals surface area contributed by atoms with E-state index >= 15 is 0 Å². The summed E-state index contributed by atoms with van der Waals surface area (Å²) in [7, 11) is 4.03. The third-order valence-corrected chi connectivity index (χ3v) is 1.58. The first kappa shape index (κ1) is 9.73. The molecule has 5 heteroatoms. The van der Waals surface area contributed by atoms with E-state index in [1.54, 1.807) is 12.4 Å². The molecule has 1 aromatic heterocycles. The van der Waals surface area contributed by atoms with Crippen LogP contribution in [0.25, 0.3) is 0 Å². The highest BCUT2D eigenvalue weighted by atomic mass is 15.1.